The van der Waals surface area contributed by atoms with E-state index in [-0.39, 0.29) is 16.2 Å². The summed E-state index contributed by atoms with van der Waals surface area (Å²) in [4.78, 5) is 0. The van der Waals surface area contributed by atoms with Gasteiger partial charge >= 0.3 is 0 Å². The molecule has 49 heavy (non-hydrogen) atoms. The van der Waals surface area contributed by atoms with Gasteiger partial charge in [-0.3, -0.25) is 0 Å². The smallest absolute Gasteiger partial charge is 0.0161 e. The number of aryl methyl sites for hydroxylation is 2. The summed E-state index contributed by atoms with van der Waals surface area (Å²) in [5, 5.41) is 0. The summed E-state index contributed by atoms with van der Waals surface area (Å²) in [7, 11) is 0. The zero-order valence-electron chi connectivity index (χ0n) is 30.7. The van der Waals surface area contributed by atoms with Crippen molar-refractivity contribution < 1.29 is 0 Å². The van der Waals surface area contributed by atoms with Crippen molar-refractivity contribution >= 4 is 0 Å². The van der Waals surface area contributed by atoms with Crippen molar-refractivity contribution in [3.8, 4) is 55.6 Å². The molecule has 0 bridgehead atoms. The summed E-state index contributed by atoms with van der Waals surface area (Å²) in [6, 6.07) is 37.5. The molecule has 0 spiro atoms. The standard InChI is InChI=1S/C49H46/c1-27-23-37-33-15-11-13-17-39(33)48(7,8)45(37)29(3)43(27)31-19-21-35-36-22-20-32(26-42(36)47(5,6)41(35)25-31)44-28(2)24-38-34-16-12-14-18-40(34)49(9,10)46(38)30(44)4/h11-26H,1-10H3. The Bertz CT molecular complexity index is 2270. The molecule has 3 aliphatic carbocycles. The van der Waals surface area contributed by atoms with Gasteiger partial charge in [0.05, 0.1) is 0 Å². The highest BCUT2D eigenvalue weighted by atomic mass is 14.4. The summed E-state index contributed by atoms with van der Waals surface area (Å²) in [6.45, 7) is 23.8. The Morgan fingerprint density at radius 1 is 0.347 bits per heavy atom. The highest BCUT2D eigenvalue weighted by molar-refractivity contribution is 5.92. The molecule has 0 heterocycles. The quantitative estimate of drug-likeness (QED) is 0.178. The van der Waals surface area contributed by atoms with Crippen molar-refractivity contribution in [3.05, 3.63) is 153 Å². The second-order valence-electron chi connectivity index (χ2n) is 16.7. The molecule has 6 aromatic carbocycles. The van der Waals surface area contributed by atoms with Gasteiger partial charge in [-0.1, -0.05) is 126 Å². The summed E-state index contributed by atoms with van der Waals surface area (Å²) in [5.74, 6) is 0. The first kappa shape index (κ1) is 30.4. The SMILES string of the molecule is Cc1cc2c(c(C)c1-c1ccc3c(c1)C(C)(C)c1cc(-c4c(C)cc5c(c4C)C(C)(C)c4ccccc4-5)ccc1-3)C(C)(C)c1ccccc1-2. The lowest BCUT2D eigenvalue weighted by Crippen LogP contribution is -2.17. The van der Waals surface area contributed by atoms with Gasteiger partial charge in [0.2, 0.25) is 0 Å². The van der Waals surface area contributed by atoms with E-state index in [1.165, 1.54) is 111 Å². The van der Waals surface area contributed by atoms with Gasteiger partial charge < -0.3 is 0 Å². The topological polar surface area (TPSA) is 0 Å². The Balaban J connectivity index is 1.16. The molecule has 0 nitrogen and oxygen atoms in total. The minimum absolute atomic E-state index is 0.0209. The lowest BCUT2D eigenvalue weighted by molar-refractivity contribution is 0.655. The summed E-state index contributed by atoms with van der Waals surface area (Å²) >= 11 is 0. The predicted molar refractivity (Wildman–Crippen MR) is 209 cm³/mol. The lowest BCUT2D eigenvalue weighted by atomic mass is 9.76. The first-order chi connectivity index (χ1) is 23.2. The largest absolute Gasteiger partial charge is 0.0619 e. The third-order valence-electron chi connectivity index (χ3n) is 12.8. The van der Waals surface area contributed by atoms with Crippen LogP contribution in [0.2, 0.25) is 0 Å². The molecular formula is C49H46. The Labute approximate surface area is 292 Å². The van der Waals surface area contributed by atoms with Crippen LogP contribution in [0.4, 0.5) is 0 Å². The van der Waals surface area contributed by atoms with Gasteiger partial charge in [-0.15, -0.1) is 0 Å². The summed E-state index contributed by atoms with van der Waals surface area (Å²) < 4.78 is 0. The molecule has 3 aliphatic rings. The maximum Gasteiger partial charge on any atom is 0.0161 e. The number of benzene rings is 6. The maximum atomic E-state index is 2.51. The molecule has 0 aliphatic heterocycles. The number of hydrogen-bond donors (Lipinski definition) is 0. The molecule has 9 rings (SSSR count). The fraction of sp³-hybridized carbons (Fsp3) is 0.265. The second kappa shape index (κ2) is 9.72. The number of fused-ring (bicyclic) bond motifs is 9. The Morgan fingerprint density at radius 2 is 0.714 bits per heavy atom. The van der Waals surface area contributed by atoms with E-state index < -0.39 is 0 Å². The van der Waals surface area contributed by atoms with Gasteiger partial charge in [0.1, 0.15) is 0 Å². The molecule has 0 amide bonds. The average Bonchev–Trinajstić information content (AvgIpc) is 3.54. The van der Waals surface area contributed by atoms with E-state index in [4.69, 9.17) is 0 Å². The molecule has 0 saturated carbocycles. The van der Waals surface area contributed by atoms with Crippen LogP contribution in [0.3, 0.4) is 0 Å². The lowest BCUT2D eigenvalue weighted by Gasteiger charge is -2.27. The van der Waals surface area contributed by atoms with Crippen LogP contribution in [0.25, 0.3) is 55.6 Å². The predicted octanol–water partition coefficient (Wildman–Crippen LogP) is 13.2. The van der Waals surface area contributed by atoms with Crippen molar-refractivity contribution in [2.45, 2.75) is 85.5 Å². The van der Waals surface area contributed by atoms with Crippen molar-refractivity contribution in [2.24, 2.45) is 0 Å². The van der Waals surface area contributed by atoms with Crippen LogP contribution in [-0.2, 0) is 16.2 Å². The average molecular weight is 635 g/mol. The van der Waals surface area contributed by atoms with E-state index in [0.29, 0.717) is 0 Å². The highest BCUT2D eigenvalue weighted by Gasteiger charge is 2.41. The van der Waals surface area contributed by atoms with Crippen molar-refractivity contribution in [3.63, 3.8) is 0 Å². The Hall–Kier alpha value is -4.68. The molecule has 6 aromatic rings. The molecule has 0 atom stereocenters. The van der Waals surface area contributed by atoms with Gasteiger partial charge in [0.15, 0.2) is 0 Å². The van der Waals surface area contributed by atoms with E-state index in [1.54, 1.807) is 0 Å². The molecule has 0 heteroatoms. The van der Waals surface area contributed by atoms with E-state index in [9.17, 15) is 0 Å². The molecule has 0 N–H and O–H groups in total. The van der Waals surface area contributed by atoms with Crippen LogP contribution in [0, 0.1) is 27.7 Å². The molecule has 0 saturated heterocycles. The summed E-state index contributed by atoms with van der Waals surface area (Å²) in [6.07, 6.45) is 0. The van der Waals surface area contributed by atoms with Gasteiger partial charge in [0, 0.05) is 16.2 Å². The molecule has 0 aromatic heterocycles. The van der Waals surface area contributed by atoms with Crippen LogP contribution in [0.1, 0.15) is 97.2 Å². The van der Waals surface area contributed by atoms with Crippen LogP contribution >= 0.6 is 0 Å². The van der Waals surface area contributed by atoms with Crippen molar-refractivity contribution in [1.29, 1.82) is 0 Å². The van der Waals surface area contributed by atoms with E-state index in [1.807, 2.05) is 0 Å². The van der Waals surface area contributed by atoms with Gasteiger partial charge in [-0.2, -0.15) is 0 Å². The Kier molecular flexibility index (Phi) is 6.03. The van der Waals surface area contributed by atoms with Crippen molar-refractivity contribution in [2.75, 3.05) is 0 Å². The normalized spacial score (nSPS) is 16.4. The molecule has 0 fully saturated rings. The van der Waals surface area contributed by atoms with Crippen LogP contribution in [-0.4, -0.2) is 0 Å². The zero-order valence-corrected chi connectivity index (χ0v) is 30.7. The van der Waals surface area contributed by atoms with E-state index in [2.05, 4.69) is 166 Å². The first-order valence-electron chi connectivity index (χ1n) is 18.0. The Morgan fingerprint density at radius 3 is 1.12 bits per heavy atom. The van der Waals surface area contributed by atoms with Gasteiger partial charge in [-0.05, 0) is 151 Å². The van der Waals surface area contributed by atoms with Crippen LogP contribution in [0.5, 0.6) is 0 Å². The zero-order chi connectivity index (χ0) is 34.4. The summed E-state index contributed by atoms with van der Waals surface area (Å²) in [5.41, 5.74) is 27.9. The van der Waals surface area contributed by atoms with Gasteiger partial charge in [0.25, 0.3) is 0 Å². The fourth-order valence-electron chi connectivity index (χ4n) is 10.7. The molecule has 0 radical (unpaired) electrons. The molecular weight excluding hydrogens is 589 g/mol. The van der Waals surface area contributed by atoms with Gasteiger partial charge in [-0.25, -0.2) is 0 Å². The first-order valence-corrected chi connectivity index (χ1v) is 18.0. The third kappa shape index (κ3) is 3.81. The molecule has 0 unspecified atom stereocenters. The fourth-order valence-corrected chi connectivity index (χ4v) is 10.7. The minimum Gasteiger partial charge on any atom is -0.0619 e. The number of hydrogen-bond acceptors (Lipinski definition) is 0. The monoisotopic (exact) mass is 634 g/mol. The highest BCUT2D eigenvalue weighted by Crippen LogP contribution is 2.56. The molecule has 242 valence electrons. The second-order valence-corrected chi connectivity index (χ2v) is 16.7. The van der Waals surface area contributed by atoms with Crippen molar-refractivity contribution in [1.82, 2.24) is 0 Å². The van der Waals surface area contributed by atoms with Crippen LogP contribution < -0.4 is 0 Å². The number of rotatable bonds is 2. The third-order valence-corrected chi connectivity index (χ3v) is 12.8. The van der Waals surface area contributed by atoms with Crippen LogP contribution in [0.15, 0.2) is 97.1 Å². The maximum absolute atomic E-state index is 2.51. The minimum atomic E-state index is -0.112. The van der Waals surface area contributed by atoms with E-state index in [0.717, 1.165) is 0 Å². The van der Waals surface area contributed by atoms with E-state index >= 15 is 0 Å².